The molecule has 0 spiro atoms. The first kappa shape index (κ1) is 19.3. The van der Waals surface area contributed by atoms with E-state index in [0.717, 1.165) is 22.1 Å². The summed E-state index contributed by atoms with van der Waals surface area (Å²) in [7, 11) is 0. The molecular weight excluding hydrogens is 386 g/mol. The second-order valence-electron chi connectivity index (χ2n) is 7.16. The van der Waals surface area contributed by atoms with Gasteiger partial charge in [-0.05, 0) is 44.2 Å². The van der Waals surface area contributed by atoms with Crippen LogP contribution in [0.1, 0.15) is 26.8 Å². The van der Waals surface area contributed by atoms with Crippen LogP contribution in [0.4, 0.5) is 0 Å². The summed E-state index contributed by atoms with van der Waals surface area (Å²) in [6.45, 7) is 6.11. The molecule has 3 aromatic rings. The number of carbonyl (C=O) groups is 2. The summed E-state index contributed by atoms with van der Waals surface area (Å²) < 4.78 is 1.84. The Hall–Kier alpha value is -3.00. The maximum Gasteiger partial charge on any atom is 0.253 e. The van der Waals surface area contributed by atoms with Crippen molar-refractivity contribution in [2.45, 2.75) is 20.3 Å². The van der Waals surface area contributed by atoms with Crippen LogP contribution in [0.3, 0.4) is 0 Å². The Kier molecular flexibility index (Phi) is 5.44. The summed E-state index contributed by atoms with van der Waals surface area (Å²) in [5.41, 5.74) is 3.56. The van der Waals surface area contributed by atoms with Crippen molar-refractivity contribution in [3.8, 4) is 5.69 Å². The van der Waals surface area contributed by atoms with Gasteiger partial charge in [0.1, 0.15) is 5.01 Å². The van der Waals surface area contributed by atoms with Crippen molar-refractivity contribution in [2.75, 3.05) is 26.2 Å². The molecule has 1 fully saturated rings. The third-order valence-electron chi connectivity index (χ3n) is 5.08. The number of amides is 2. The molecule has 3 heterocycles. The normalized spacial score (nSPS) is 14.3. The number of aromatic nitrogens is 3. The lowest BCUT2D eigenvalue weighted by Gasteiger charge is -2.34. The molecule has 0 radical (unpaired) electrons. The van der Waals surface area contributed by atoms with Crippen LogP contribution in [0, 0.1) is 13.8 Å². The van der Waals surface area contributed by atoms with E-state index in [4.69, 9.17) is 0 Å². The monoisotopic (exact) mass is 409 g/mol. The summed E-state index contributed by atoms with van der Waals surface area (Å²) in [6, 6.07) is 9.42. The molecule has 0 N–H and O–H groups in total. The Balaban J connectivity index is 1.34. The smallest absolute Gasteiger partial charge is 0.253 e. The van der Waals surface area contributed by atoms with Crippen LogP contribution in [0.2, 0.25) is 0 Å². The van der Waals surface area contributed by atoms with E-state index in [1.807, 2.05) is 64.0 Å². The number of aryl methyl sites for hydroxylation is 2. The maximum absolute atomic E-state index is 12.8. The molecule has 0 bridgehead atoms. The topological polar surface area (TPSA) is 71.3 Å². The fourth-order valence-corrected chi connectivity index (χ4v) is 4.21. The number of hydrogen-bond acceptors (Lipinski definition) is 5. The van der Waals surface area contributed by atoms with Gasteiger partial charge in [0.05, 0.1) is 12.1 Å². The van der Waals surface area contributed by atoms with E-state index < -0.39 is 0 Å². The first-order chi connectivity index (χ1) is 14.0. The molecule has 0 atom stereocenters. The zero-order valence-corrected chi connectivity index (χ0v) is 17.4. The quantitative estimate of drug-likeness (QED) is 0.664. The molecule has 1 aliphatic rings. The maximum atomic E-state index is 12.8. The van der Waals surface area contributed by atoms with Gasteiger partial charge in [-0.25, -0.2) is 9.67 Å². The highest BCUT2D eigenvalue weighted by Crippen LogP contribution is 2.15. The molecular formula is C21H23N5O2S. The van der Waals surface area contributed by atoms with Gasteiger partial charge in [-0.3, -0.25) is 9.59 Å². The summed E-state index contributed by atoms with van der Waals surface area (Å²) in [5, 5.41) is 7.09. The highest BCUT2D eigenvalue weighted by molar-refractivity contribution is 7.09. The predicted molar refractivity (Wildman–Crippen MR) is 111 cm³/mol. The molecule has 2 aromatic heterocycles. The van der Waals surface area contributed by atoms with E-state index in [2.05, 4.69) is 10.1 Å². The number of rotatable bonds is 4. The second kappa shape index (κ2) is 8.16. The second-order valence-corrected chi connectivity index (χ2v) is 8.11. The van der Waals surface area contributed by atoms with E-state index in [9.17, 15) is 9.59 Å². The van der Waals surface area contributed by atoms with Crippen LogP contribution in [0.15, 0.2) is 41.9 Å². The third kappa shape index (κ3) is 4.22. The van der Waals surface area contributed by atoms with Gasteiger partial charge in [-0.1, -0.05) is 0 Å². The summed E-state index contributed by atoms with van der Waals surface area (Å²) in [5.74, 6) is 0.0711. The fraction of sp³-hybridized carbons (Fsp3) is 0.333. The Morgan fingerprint density at radius 3 is 2.28 bits per heavy atom. The molecule has 1 saturated heterocycles. The third-order valence-corrected chi connectivity index (χ3v) is 6.05. The minimum atomic E-state index is -0.00335. The number of carbonyl (C=O) groups excluding carboxylic acids is 2. The average Bonchev–Trinajstić information content (AvgIpc) is 3.35. The highest BCUT2D eigenvalue weighted by atomic mass is 32.1. The zero-order chi connectivity index (χ0) is 20.4. The lowest BCUT2D eigenvalue weighted by molar-refractivity contribution is -0.131. The van der Waals surface area contributed by atoms with E-state index in [1.165, 1.54) is 11.3 Å². The first-order valence-corrected chi connectivity index (χ1v) is 10.5. The summed E-state index contributed by atoms with van der Waals surface area (Å²) in [4.78, 5) is 33.3. The standard InChI is InChI=1S/C21H23N5O2S/c1-15-14-29-19(23-15)13-20(27)24-9-11-25(12-10-24)21(28)17-3-5-18(6-4-17)26-16(2)7-8-22-26/h3-8,14H,9-13H2,1-2H3. The van der Waals surface area contributed by atoms with E-state index >= 15 is 0 Å². The largest absolute Gasteiger partial charge is 0.339 e. The van der Waals surface area contributed by atoms with Gasteiger partial charge in [0.25, 0.3) is 5.91 Å². The van der Waals surface area contributed by atoms with Crippen LogP contribution in [-0.2, 0) is 11.2 Å². The number of nitrogens with zero attached hydrogens (tertiary/aromatic N) is 5. The van der Waals surface area contributed by atoms with Gasteiger partial charge >= 0.3 is 0 Å². The van der Waals surface area contributed by atoms with E-state index in [1.54, 1.807) is 6.20 Å². The Morgan fingerprint density at radius 1 is 1.00 bits per heavy atom. The van der Waals surface area contributed by atoms with Crippen molar-refractivity contribution in [2.24, 2.45) is 0 Å². The van der Waals surface area contributed by atoms with Crippen LogP contribution in [-0.4, -0.2) is 62.6 Å². The molecule has 150 valence electrons. The number of thiazole rings is 1. The Bertz CT molecular complexity index is 1020. The molecule has 0 aliphatic carbocycles. The number of piperazine rings is 1. The van der Waals surface area contributed by atoms with Gasteiger partial charge < -0.3 is 9.80 Å². The summed E-state index contributed by atoms with van der Waals surface area (Å²) >= 11 is 1.52. The van der Waals surface area contributed by atoms with Crippen molar-refractivity contribution in [3.63, 3.8) is 0 Å². The molecule has 8 heteroatoms. The molecule has 1 aromatic carbocycles. The van der Waals surface area contributed by atoms with Gasteiger partial charge in [0.2, 0.25) is 5.91 Å². The fourth-order valence-electron chi connectivity index (χ4n) is 3.45. The molecule has 2 amide bonds. The SMILES string of the molecule is Cc1csc(CC(=O)N2CCN(C(=O)c3ccc(-n4nccc4C)cc3)CC2)n1. The lowest BCUT2D eigenvalue weighted by atomic mass is 10.1. The highest BCUT2D eigenvalue weighted by Gasteiger charge is 2.25. The van der Waals surface area contributed by atoms with Crippen molar-refractivity contribution >= 4 is 23.2 Å². The van der Waals surface area contributed by atoms with Gasteiger partial charge in [0.15, 0.2) is 0 Å². The van der Waals surface area contributed by atoms with Crippen molar-refractivity contribution in [3.05, 3.63) is 63.9 Å². The first-order valence-electron chi connectivity index (χ1n) is 9.60. The zero-order valence-electron chi connectivity index (χ0n) is 16.5. The molecule has 29 heavy (non-hydrogen) atoms. The molecule has 0 saturated carbocycles. The lowest BCUT2D eigenvalue weighted by Crippen LogP contribution is -2.51. The van der Waals surface area contributed by atoms with E-state index in [0.29, 0.717) is 38.2 Å². The van der Waals surface area contributed by atoms with Crippen molar-refractivity contribution < 1.29 is 9.59 Å². The van der Waals surface area contributed by atoms with Crippen LogP contribution < -0.4 is 0 Å². The predicted octanol–water partition coefficient (Wildman–Crippen LogP) is 2.47. The number of hydrogen-bond donors (Lipinski definition) is 0. The van der Waals surface area contributed by atoms with Crippen molar-refractivity contribution in [1.82, 2.24) is 24.6 Å². The van der Waals surface area contributed by atoms with E-state index in [-0.39, 0.29) is 11.8 Å². The van der Waals surface area contributed by atoms with Gasteiger partial charge in [0, 0.05) is 54.7 Å². The van der Waals surface area contributed by atoms with Gasteiger partial charge in [-0.15, -0.1) is 11.3 Å². The van der Waals surface area contributed by atoms with Crippen LogP contribution in [0.5, 0.6) is 0 Å². The molecule has 4 rings (SSSR count). The number of benzene rings is 1. The minimum Gasteiger partial charge on any atom is -0.339 e. The van der Waals surface area contributed by atoms with Crippen molar-refractivity contribution in [1.29, 1.82) is 0 Å². The minimum absolute atomic E-state index is 0.00335. The molecule has 0 unspecified atom stereocenters. The molecule has 1 aliphatic heterocycles. The van der Waals surface area contributed by atoms with Gasteiger partial charge in [-0.2, -0.15) is 5.10 Å². The summed E-state index contributed by atoms with van der Waals surface area (Å²) in [6.07, 6.45) is 2.09. The Labute approximate surface area is 173 Å². The average molecular weight is 410 g/mol. The van der Waals surface area contributed by atoms with Crippen LogP contribution in [0.25, 0.3) is 5.69 Å². The van der Waals surface area contributed by atoms with Crippen LogP contribution >= 0.6 is 11.3 Å². The molecule has 7 nitrogen and oxygen atoms in total. The Morgan fingerprint density at radius 2 is 1.69 bits per heavy atom.